The summed E-state index contributed by atoms with van der Waals surface area (Å²) in [5.41, 5.74) is 5.75. The number of unbranched alkanes of at least 4 members (excludes halogenated alkanes) is 11. The van der Waals surface area contributed by atoms with Crippen LogP contribution in [-0.4, -0.2) is 31.0 Å². The van der Waals surface area contributed by atoms with Gasteiger partial charge in [0.2, 0.25) is 0 Å². The van der Waals surface area contributed by atoms with Crippen LogP contribution in [0.5, 0.6) is 0 Å². The number of methoxy groups -OCH3 is 1. The minimum Gasteiger partial charge on any atom is -0.387 e. The summed E-state index contributed by atoms with van der Waals surface area (Å²) in [6.07, 6.45) is 19.3. The summed E-state index contributed by atoms with van der Waals surface area (Å²) in [6, 6.07) is -0.321. The molecule has 0 aromatic rings. The third kappa shape index (κ3) is 14.6. The molecule has 0 aliphatic carbocycles. The second-order valence-corrected chi connectivity index (χ2v) is 6.36. The first-order valence-electron chi connectivity index (χ1n) is 9.31. The van der Waals surface area contributed by atoms with Gasteiger partial charge in [-0.25, -0.2) is 0 Å². The Kier molecular flexibility index (Phi) is 16.7. The highest BCUT2D eigenvalue weighted by molar-refractivity contribution is 4.93. The standard InChI is InChI=1S/C19H39NO2/c1-3-4-5-6-7-8-9-10-11-12-13-14-15-16-19(21)18(20)17-22-2/h15-16,18-19,21H,3-14,17,20H2,1-2H3/b16-15+/t18-,19+/m0/s1. The van der Waals surface area contributed by atoms with Gasteiger partial charge in [-0.2, -0.15) is 0 Å². The van der Waals surface area contributed by atoms with Crippen molar-refractivity contribution in [2.75, 3.05) is 13.7 Å². The Hall–Kier alpha value is -0.380. The quantitative estimate of drug-likeness (QED) is 0.324. The third-order valence-corrected chi connectivity index (χ3v) is 4.11. The molecule has 0 aromatic heterocycles. The van der Waals surface area contributed by atoms with Gasteiger partial charge in [0.05, 0.1) is 18.8 Å². The zero-order valence-corrected chi connectivity index (χ0v) is 14.9. The van der Waals surface area contributed by atoms with E-state index in [4.69, 9.17) is 10.5 Å². The maximum atomic E-state index is 9.73. The molecule has 0 amide bonds. The lowest BCUT2D eigenvalue weighted by atomic mass is 10.0. The van der Waals surface area contributed by atoms with Gasteiger partial charge in [-0.15, -0.1) is 0 Å². The molecule has 132 valence electrons. The molecule has 0 bridgehead atoms. The van der Waals surface area contributed by atoms with Gasteiger partial charge in [-0.1, -0.05) is 83.3 Å². The Morgan fingerprint density at radius 2 is 1.41 bits per heavy atom. The maximum Gasteiger partial charge on any atom is 0.0894 e. The van der Waals surface area contributed by atoms with Crippen molar-refractivity contribution in [1.82, 2.24) is 0 Å². The van der Waals surface area contributed by atoms with E-state index in [1.54, 1.807) is 13.2 Å². The SMILES string of the molecule is CCCCCCCCCCCCC/C=C/[C@@H](O)[C@@H](N)COC. The summed E-state index contributed by atoms with van der Waals surface area (Å²) in [7, 11) is 1.60. The predicted octanol–water partition coefficient (Wildman–Crippen LogP) is 4.58. The number of ether oxygens (including phenoxy) is 1. The molecule has 2 atom stereocenters. The van der Waals surface area contributed by atoms with Gasteiger partial charge in [-0.3, -0.25) is 0 Å². The lowest BCUT2D eigenvalue weighted by molar-refractivity contribution is 0.113. The van der Waals surface area contributed by atoms with E-state index < -0.39 is 6.10 Å². The summed E-state index contributed by atoms with van der Waals surface area (Å²) in [4.78, 5) is 0. The topological polar surface area (TPSA) is 55.5 Å². The number of nitrogens with two attached hydrogens (primary N) is 1. The molecule has 22 heavy (non-hydrogen) atoms. The van der Waals surface area contributed by atoms with Crippen molar-refractivity contribution >= 4 is 0 Å². The molecule has 0 fully saturated rings. The fraction of sp³-hybridized carbons (Fsp3) is 0.895. The van der Waals surface area contributed by atoms with Crippen molar-refractivity contribution in [1.29, 1.82) is 0 Å². The zero-order valence-electron chi connectivity index (χ0n) is 14.9. The number of hydrogen-bond donors (Lipinski definition) is 2. The average molecular weight is 314 g/mol. The lowest BCUT2D eigenvalue weighted by Crippen LogP contribution is -2.37. The van der Waals surface area contributed by atoms with Crippen LogP contribution in [0.15, 0.2) is 12.2 Å². The van der Waals surface area contributed by atoms with Gasteiger partial charge in [0.1, 0.15) is 0 Å². The second kappa shape index (κ2) is 17.0. The summed E-state index contributed by atoms with van der Waals surface area (Å²) in [6.45, 7) is 2.66. The van der Waals surface area contributed by atoms with Gasteiger partial charge in [-0.05, 0) is 12.8 Å². The molecule has 0 saturated carbocycles. The Morgan fingerprint density at radius 3 is 1.91 bits per heavy atom. The molecule has 0 aliphatic heterocycles. The summed E-state index contributed by atoms with van der Waals surface area (Å²) >= 11 is 0. The van der Waals surface area contributed by atoms with Gasteiger partial charge in [0.25, 0.3) is 0 Å². The molecular formula is C19H39NO2. The third-order valence-electron chi connectivity index (χ3n) is 4.11. The van der Waals surface area contributed by atoms with Crippen molar-refractivity contribution in [2.45, 2.75) is 96.1 Å². The first-order chi connectivity index (χ1) is 10.7. The normalized spacial score (nSPS) is 14.5. The van der Waals surface area contributed by atoms with E-state index in [0.717, 1.165) is 6.42 Å². The minimum absolute atomic E-state index is 0.321. The van der Waals surface area contributed by atoms with Crippen LogP contribution in [0.25, 0.3) is 0 Å². The minimum atomic E-state index is -0.590. The number of aliphatic hydroxyl groups is 1. The highest BCUT2D eigenvalue weighted by Crippen LogP contribution is 2.12. The van der Waals surface area contributed by atoms with Crippen LogP contribution in [-0.2, 0) is 4.74 Å². The smallest absolute Gasteiger partial charge is 0.0894 e. The van der Waals surface area contributed by atoms with Gasteiger partial charge < -0.3 is 15.6 Å². The van der Waals surface area contributed by atoms with Gasteiger partial charge >= 0.3 is 0 Å². The highest BCUT2D eigenvalue weighted by atomic mass is 16.5. The monoisotopic (exact) mass is 313 g/mol. The maximum absolute atomic E-state index is 9.73. The van der Waals surface area contributed by atoms with E-state index in [1.807, 2.05) is 6.08 Å². The lowest BCUT2D eigenvalue weighted by Gasteiger charge is -2.13. The van der Waals surface area contributed by atoms with E-state index in [-0.39, 0.29) is 6.04 Å². The number of allylic oxidation sites excluding steroid dienone is 1. The highest BCUT2D eigenvalue weighted by Gasteiger charge is 2.09. The first kappa shape index (κ1) is 21.6. The second-order valence-electron chi connectivity index (χ2n) is 6.36. The van der Waals surface area contributed by atoms with Gasteiger partial charge in [0.15, 0.2) is 0 Å². The van der Waals surface area contributed by atoms with Crippen LogP contribution in [0.2, 0.25) is 0 Å². The zero-order chi connectivity index (χ0) is 16.5. The molecule has 0 aromatic carbocycles. The van der Waals surface area contributed by atoms with E-state index in [2.05, 4.69) is 6.92 Å². The van der Waals surface area contributed by atoms with Crippen LogP contribution >= 0.6 is 0 Å². The Morgan fingerprint density at radius 1 is 0.909 bits per heavy atom. The van der Waals surface area contributed by atoms with Crippen molar-refractivity contribution < 1.29 is 9.84 Å². The van der Waals surface area contributed by atoms with Crippen LogP contribution in [0.3, 0.4) is 0 Å². The fourth-order valence-corrected chi connectivity index (χ4v) is 2.60. The molecule has 0 spiro atoms. The van der Waals surface area contributed by atoms with E-state index in [9.17, 15) is 5.11 Å². The van der Waals surface area contributed by atoms with Gasteiger partial charge in [0, 0.05) is 7.11 Å². The van der Waals surface area contributed by atoms with E-state index >= 15 is 0 Å². The molecule has 0 unspecified atom stereocenters. The average Bonchev–Trinajstić information content (AvgIpc) is 2.51. The number of hydrogen-bond acceptors (Lipinski definition) is 3. The molecule has 0 aliphatic rings. The summed E-state index contributed by atoms with van der Waals surface area (Å²) < 4.78 is 4.92. The van der Waals surface area contributed by atoms with Crippen molar-refractivity contribution in [3.05, 3.63) is 12.2 Å². The van der Waals surface area contributed by atoms with E-state index in [0.29, 0.717) is 6.61 Å². The molecular weight excluding hydrogens is 274 g/mol. The molecule has 3 nitrogen and oxygen atoms in total. The Labute approximate surface area is 138 Å². The molecule has 3 heteroatoms. The molecule has 0 radical (unpaired) electrons. The summed E-state index contributed by atoms with van der Waals surface area (Å²) in [5, 5.41) is 9.73. The largest absolute Gasteiger partial charge is 0.387 e. The first-order valence-corrected chi connectivity index (χ1v) is 9.31. The number of rotatable bonds is 16. The predicted molar refractivity (Wildman–Crippen MR) is 96.1 cm³/mol. The Bertz CT molecular complexity index is 244. The van der Waals surface area contributed by atoms with Crippen LogP contribution in [0.4, 0.5) is 0 Å². The Balaban J connectivity index is 3.26. The molecule has 0 rings (SSSR count). The molecule has 0 saturated heterocycles. The fourth-order valence-electron chi connectivity index (χ4n) is 2.60. The number of aliphatic hydroxyl groups excluding tert-OH is 1. The molecule has 0 heterocycles. The van der Waals surface area contributed by atoms with Crippen LogP contribution in [0.1, 0.15) is 84.0 Å². The van der Waals surface area contributed by atoms with Crippen molar-refractivity contribution in [3.63, 3.8) is 0 Å². The molecule has 3 N–H and O–H groups in total. The van der Waals surface area contributed by atoms with Crippen molar-refractivity contribution in [3.8, 4) is 0 Å². The van der Waals surface area contributed by atoms with Crippen LogP contribution in [0, 0.1) is 0 Å². The summed E-state index contributed by atoms with van der Waals surface area (Å²) in [5.74, 6) is 0. The van der Waals surface area contributed by atoms with Crippen LogP contribution < -0.4 is 5.73 Å². The van der Waals surface area contributed by atoms with E-state index in [1.165, 1.54) is 70.6 Å². The van der Waals surface area contributed by atoms with Crippen molar-refractivity contribution in [2.24, 2.45) is 5.73 Å².